The van der Waals surface area contributed by atoms with Gasteiger partial charge in [-0.05, 0) is 48.5 Å². The maximum absolute atomic E-state index is 13.4. The second-order valence-corrected chi connectivity index (χ2v) is 8.28. The highest BCUT2D eigenvalue weighted by Crippen LogP contribution is 2.29. The van der Waals surface area contributed by atoms with E-state index in [9.17, 15) is 9.50 Å². The molecule has 1 aromatic heterocycles. The SMILES string of the molecule is OC(COc1ccc(-c2noc3cc(F)ccc23)cc1)CN1CCN(c2ccccc2)CC1. The van der Waals surface area contributed by atoms with Gasteiger partial charge in [0.05, 0.1) is 0 Å². The number of ether oxygens (including phenoxy) is 1. The highest BCUT2D eigenvalue weighted by molar-refractivity contribution is 5.91. The van der Waals surface area contributed by atoms with Crippen LogP contribution in [0.4, 0.5) is 10.1 Å². The summed E-state index contributed by atoms with van der Waals surface area (Å²) in [5, 5.41) is 15.3. The normalized spacial score (nSPS) is 15.6. The third kappa shape index (κ3) is 4.99. The lowest BCUT2D eigenvalue weighted by molar-refractivity contribution is 0.0663. The quantitative estimate of drug-likeness (QED) is 0.458. The predicted octanol–water partition coefficient (Wildman–Crippen LogP) is 4.20. The van der Waals surface area contributed by atoms with E-state index in [-0.39, 0.29) is 12.4 Å². The van der Waals surface area contributed by atoms with Gasteiger partial charge >= 0.3 is 0 Å². The molecule has 1 fully saturated rings. The van der Waals surface area contributed by atoms with E-state index in [2.05, 4.69) is 39.2 Å². The fourth-order valence-electron chi connectivity index (χ4n) is 4.20. The molecule has 0 radical (unpaired) electrons. The number of benzene rings is 3. The van der Waals surface area contributed by atoms with E-state index in [1.807, 2.05) is 30.3 Å². The van der Waals surface area contributed by atoms with Gasteiger partial charge in [-0.15, -0.1) is 0 Å². The number of aliphatic hydroxyl groups is 1. The van der Waals surface area contributed by atoms with Gasteiger partial charge in [0.1, 0.15) is 30.0 Å². The van der Waals surface area contributed by atoms with E-state index >= 15 is 0 Å². The number of β-amino-alcohol motifs (C(OH)–C–C–N with tert-alkyl or cyclic N) is 1. The first-order valence-electron chi connectivity index (χ1n) is 11.1. The number of hydrogen-bond donors (Lipinski definition) is 1. The molecule has 1 unspecified atom stereocenters. The molecule has 33 heavy (non-hydrogen) atoms. The molecule has 0 saturated carbocycles. The summed E-state index contributed by atoms with van der Waals surface area (Å²) in [6, 6.07) is 22.2. The minimum atomic E-state index is -0.567. The number of hydrogen-bond acceptors (Lipinski definition) is 6. The van der Waals surface area contributed by atoms with Gasteiger partial charge in [0.25, 0.3) is 0 Å². The largest absolute Gasteiger partial charge is 0.491 e. The molecule has 0 aliphatic carbocycles. The van der Waals surface area contributed by atoms with Crippen molar-refractivity contribution in [2.24, 2.45) is 0 Å². The van der Waals surface area contributed by atoms with Crippen molar-refractivity contribution in [2.75, 3.05) is 44.2 Å². The zero-order valence-corrected chi connectivity index (χ0v) is 18.2. The van der Waals surface area contributed by atoms with Crippen LogP contribution in [0.1, 0.15) is 0 Å². The Bertz CT molecular complexity index is 1190. The second-order valence-electron chi connectivity index (χ2n) is 8.28. The first kappa shape index (κ1) is 21.4. The van der Waals surface area contributed by atoms with E-state index in [4.69, 9.17) is 9.26 Å². The Hall–Kier alpha value is -3.42. The van der Waals surface area contributed by atoms with Crippen LogP contribution >= 0.6 is 0 Å². The first-order valence-corrected chi connectivity index (χ1v) is 11.1. The lowest BCUT2D eigenvalue weighted by Gasteiger charge is -2.36. The van der Waals surface area contributed by atoms with Crippen LogP contribution < -0.4 is 9.64 Å². The zero-order valence-electron chi connectivity index (χ0n) is 18.2. The molecule has 1 saturated heterocycles. The maximum atomic E-state index is 13.4. The van der Waals surface area contributed by atoms with Gasteiger partial charge in [0, 0.05) is 55.4 Å². The summed E-state index contributed by atoms with van der Waals surface area (Å²) >= 11 is 0. The fraction of sp³-hybridized carbons (Fsp3) is 0.269. The van der Waals surface area contributed by atoms with Crippen LogP contribution in [0.5, 0.6) is 5.75 Å². The summed E-state index contributed by atoms with van der Waals surface area (Å²) in [6.45, 7) is 4.53. The Morgan fingerprint density at radius 3 is 2.48 bits per heavy atom. The summed E-state index contributed by atoms with van der Waals surface area (Å²) in [5.41, 5.74) is 3.17. The number of halogens is 1. The van der Waals surface area contributed by atoms with Crippen molar-refractivity contribution in [1.82, 2.24) is 10.1 Å². The molecule has 5 rings (SSSR count). The van der Waals surface area contributed by atoms with Crippen LogP contribution in [0.2, 0.25) is 0 Å². The van der Waals surface area contributed by atoms with Crippen LogP contribution in [0, 0.1) is 5.82 Å². The Labute approximate surface area is 191 Å². The van der Waals surface area contributed by atoms with Crippen molar-refractivity contribution in [2.45, 2.75) is 6.10 Å². The van der Waals surface area contributed by atoms with Crippen LogP contribution in [0.25, 0.3) is 22.2 Å². The van der Waals surface area contributed by atoms with E-state index in [0.717, 1.165) is 37.1 Å². The van der Waals surface area contributed by atoms with Crippen molar-refractivity contribution in [3.8, 4) is 17.0 Å². The van der Waals surface area contributed by atoms with Gasteiger partial charge in [0.15, 0.2) is 5.58 Å². The van der Waals surface area contributed by atoms with E-state index in [0.29, 0.717) is 23.6 Å². The van der Waals surface area contributed by atoms with E-state index < -0.39 is 6.10 Å². The van der Waals surface area contributed by atoms with Gasteiger partial charge in [-0.2, -0.15) is 0 Å². The molecule has 1 aliphatic heterocycles. The standard InChI is InChI=1S/C26H26FN3O3/c27-20-8-11-24-25(16-20)33-28-26(24)19-6-9-23(10-7-19)32-18-22(31)17-29-12-14-30(15-13-29)21-4-2-1-3-5-21/h1-11,16,22,31H,12-15,17-18H2. The topological polar surface area (TPSA) is 62.0 Å². The first-order chi connectivity index (χ1) is 16.2. The van der Waals surface area contributed by atoms with Crippen molar-refractivity contribution in [3.63, 3.8) is 0 Å². The van der Waals surface area contributed by atoms with Gasteiger partial charge in [-0.1, -0.05) is 23.4 Å². The third-order valence-electron chi connectivity index (χ3n) is 5.97. The van der Waals surface area contributed by atoms with Crippen LogP contribution in [-0.4, -0.2) is 60.6 Å². The lowest BCUT2D eigenvalue weighted by atomic mass is 10.1. The van der Waals surface area contributed by atoms with E-state index in [1.54, 1.807) is 6.07 Å². The van der Waals surface area contributed by atoms with Gasteiger partial charge in [0.2, 0.25) is 0 Å². The molecule has 2 heterocycles. The average Bonchev–Trinajstić information content (AvgIpc) is 3.27. The van der Waals surface area contributed by atoms with Crippen LogP contribution in [-0.2, 0) is 0 Å². The van der Waals surface area contributed by atoms with E-state index in [1.165, 1.54) is 17.8 Å². The Kier molecular flexibility index (Phi) is 6.24. The Morgan fingerprint density at radius 1 is 0.970 bits per heavy atom. The Balaban J connectivity index is 1.11. The molecule has 170 valence electrons. The monoisotopic (exact) mass is 447 g/mol. The van der Waals surface area contributed by atoms with Crippen molar-refractivity contribution >= 4 is 16.7 Å². The van der Waals surface area contributed by atoms with Crippen LogP contribution in [0.3, 0.4) is 0 Å². The zero-order chi connectivity index (χ0) is 22.6. The summed E-state index contributed by atoms with van der Waals surface area (Å²) in [5.74, 6) is 0.316. The molecule has 0 bridgehead atoms. The third-order valence-corrected chi connectivity index (χ3v) is 5.97. The summed E-state index contributed by atoms with van der Waals surface area (Å²) in [4.78, 5) is 4.64. The van der Waals surface area contributed by atoms with Crippen LogP contribution in [0.15, 0.2) is 77.3 Å². The highest BCUT2D eigenvalue weighted by Gasteiger charge is 2.20. The van der Waals surface area contributed by atoms with Crippen molar-refractivity contribution < 1.29 is 18.8 Å². The minimum absolute atomic E-state index is 0.227. The fourth-order valence-corrected chi connectivity index (χ4v) is 4.20. The lowest BCUT2D eigenvalue weighted by Crippen LogP contribution is -2.49. The van der Waals surface area contributed by atoms with Gasteiger partial charge < -0.3 is 19.3 Å². The number of rotatable bonds is 7. The summed E-state index contributed by atoms with van der Waals surface area (Å²) in [7, 11) is 0. The maximum Gasteiger partial charge on any atom is 0.170 e. The summed E-state index contributed by atoms with van der Waals surface area (Å²) in [6.07, 6.45) is -0.567. The molecule has 1 N–H and O–H groups in total. The molecule has 0 amide bonds. The summed E-state index contributed by atoms with van der Waals surface area (Å²) < 4.78 is 24.4. The molecule has 3 aromatic carbocycles. The second kappa shape index (κ2) is 9.60. The predicted molar refractivity (Wildman–Crippen MR) is 126 cm³/mol. The van der Waals surface area contributed by atoms with Gasteiger partial charge in [-0.3, -0.25) is 4.90 Å². The highest BCUT2D eigenvalue weighted by atomic mass is 19.1. The minimum Gasteiger partial charge on any atom is -0.491 e. The molecule has 4 aromatic rings. The number of nitrogens with zero attached hydrogens (tertiary/aromatic N) is 3. The van der Waals surface area contributed by atoms with Crippen molar-refractivity contribution in [3.05, 3.63) is 78.6 Å². The number of anilines is 1. The molecule has 6 nitrogen and oxygen atoms in total. The molecular weight excluding hydrogens is 421 g/mol. The Morgan fingerprint density at radius 2 is 1.73 bits per heavy atom. The van der Waals surface area contributed by atoms with Crippen molar-refractivity contribution in [1.29, 1.82) is 0 Å². The molecular formula is C26H26FN3O3. The smallest absolute Gasteiger partial charge is 0.170 e. The molecule has 1 aliphatic rings. The van der Waals surface area contributed by atoms with Gasteiger partial charge in [-0.25, -0.2) is 4.39 Å². The molecule has 7 heteroatoms. The number of aromatic nitrogens is 1. The number of piperazine rings is 1. The molecule has 1 atom stereocenters. The molecule has 0 spiro atoms. The average molecular weight is 448 g/mol. The number of aliphatic hydroxyl groups excluding tert-OH is 1. The number of para-hydroxylation sites is 1. The number of fused-ring (bicyclic) bond motifs is 1.